The molecule has 178 valence electrons. The van der Waals surface area contributed by atoms with Crippen molar-refractivity contribution >= 4 is 45.0 Å². The highest BCUT2D eigenvalue weighted by atomic mass is 35.5. The highest BCUT2D eigenvalue weighted by Crippen LogP contribution is 2.46. The van der Waals surface area contributed by atoms with Gasteiger partial charge in [-0.2, -0.15) is 17.9 Å². The number of aromatic nitrogens is 2. The van der Waals surface area contributed by atoms with Gasteiger partial charge in [0.15, 0.2) is 0 Å². The van der Waals surface area contributed by atoms with Gasteiger partial charge in [0.05, 0.1) is 16.1 Å². The summed E-state index contributed by atoms with van der Waals surface area (Å²) in [6, 6.07) is 9.20. The molecule has 0 bridgehead atoms. The Kier molecular flexibility index (Phi) is 5.63. The summed E-state index contributed by atoms with van der Waals surface area (Å²) in [5.41, 5.74) is -8.24. The number of rotatable bonds is 4. The largest absolute Gasteiger partial charge is 0.421 e. The van der Waals surface area contributed by atoms with E-state index in [0.717, 1.165) is 24.3 Å². The fraction of sp³-hybridized carbons (Fsp3) is 0.105. The van der Waals surface area contributed by atoms with Gasteiger partial charge < -0.3 is 5.32 Å². The van der Waals surface area contributed by atoms with Crippen molar-refractivity contribution in [1.29, 1.82) is 0 Å². The minimum Gasteiger partial charge on any atom is -0.309 e. The number of aromatic amines is 1. The van der Waals surface area contributed by atoms with E-state index in [0.29, 0.717) is 4.57 Å². The Bertz CT molecular complexity index is 1530. The van der Waals surface area contributed by atoms with E-state index >= 15 is 0 Å². The zero-order valence-corrected chi connectivity index (χ0v) is 18.7. The second kappa shape index (κ2) is 7.98. The van der Waals surface area contributed by atoms with Gasteiger partial charge in [0, 0.05) is 10.0 Å². The number of nitrogens with one attached hydrogen (secondary N) is 3. The zero-order valence-electron chi connectivity index (χ0n) is 16.4. The van der Waals surface area contributed by atoms with Crippen molar-refractivity contribution in [1.82, 2.24) is 14.3 Å². The molecular weight excluding hydrogens is 524 g/mol. The predicted octanol–water partition coefficient (Wildman–Crippen LogP) is 2.52. The average molecular weight is 535 g/mol. The summed E-state index contributed by atoms with van der Waals surface area (Å²) in [6.07, 6.45) is -5.64. The minimum atomic E-state index is -5.64. The van der Waals surface area contributed by atoms with Crippen LogP contribution in [0.15, 0.2) is 63.0 Å². The monoisotopic (exact) mass is 534 g/mol. The van der Waals surface area contributed by atoms with Crippen LogP contribution in [0.5, 0.6) is 0 Å². The second-order valence-electron chi connectivity index (χ2n) is 7.06. The summed E-state index contributed by atoms with van der Waals surface area (Å²) < 4.78 is 71.0. The number of benzene rings is 2. The molecule has 1 atom stereocenters. The molecule has 0 spiro atoms. The van der Waals surface area contributed by atoms with Gasteiger partial charge in [-0.05, 0) is 48.5 Å². The van der Waals surface area contributed by atoms with Crippen molar-refractivity contribution in [2.75, 3.05) is 5.32 Å². The lowest BCUT2D eigenvalue weighted by atomic mass is 9.93. The van der Waals surface area contributed by atoms with E-state index in [1.54, 1.807) is 4.98 Å². The molecule has 1 aliphatic heterocycles. The average Bonchev–Trinajstić information content (AvgIpc) is 3.02. The molecule has 0 fully saturated rings. The normalized spacial score (nSPS) is 18.0. The molecule has 15 heteroatoms. The standard InChI is InChI=1S/C19H11Cl2F3N4O5S/c20-9-1-5-11(6-2-9)28-14-13(15(29)26-17(28)31)18(16(30)25-14,19(22,23)24)27-34(32,33)12-7-3-10(21)4-8-12/h1-8,27H,(H,25,30)(H,26,29,31)/t18-/m1/s1. The van der Waals surface area contributed by atoms with Crippen molar-refractivity contribution in [2.45, 2.75) is 16.6 Å². The Morgan fingerprint density at radius 3 is 1.97 bits per heavy atom. The van der Waals surface area contributed by atoms with E-state index in [-0.39, 0.29) is 15.7 Å². The van der Waals surface area contributed by atoms with E-state index in [4.69, 9.17) is 23.2 Å². The lowest BCUT2D eigenvalue weighted by Gasteiger charge is -2.29. The van der Waals surface area contributed by atoms with Crippen LogP contribution in [0.4, 0.5) is 19.0 Å². The van der Waals surface area contributed by atoms with Crippen LogP contribution in [0.2, 0.25) is 10.0 Å². The van der Waals surface area contributed by atoms with Gasteiger partial charge in [0.2, 0.25) is 15.6 Å². The van der Waals surface area contributed by atoms with E-state index in [1.165, 1.54) is 29.0 Å². The fourth-order valence-corrected chi connectivity index (χ4v) is 5.03. The molecule has 2 heterocycles. The maximum Gasteiger partial charge on any atom is 0.421 e. The van der Waals surface area contributed by atoms with Gasteiger partial charge in [-0.25, -0.2) is 17.8 Å². The van der Waals surface area contributed by atoms with Crippen LogP contribution in [0.1, 0.15) is 5.56 Å². The molecule has 0 aliphatic carbocycles. The Hall–Kier alpha value is -3.13. The van der Waals surface area contributed by atoms with Crippen molar-refractivity contribution in [3.8, 4) is 5.69 Å². The van der Waals surface area contributed by atoms with Crippen molar-refractivity contribution in [3.63, 3.8) is 0 Å². The third kappa shape index (κ3) is 3.70. The summed E-state index contributed by atoms with van der Waals surface area (Å²) in [7, 11) is -5.03. The van der Waals surface area contributed by atoms with E-state index < -0.39 is 55.2 Å². The Labute approximate surface area is 198 Å². The first-order valence-corrected chi connectivity index (χ1v) is 11.4. The van der Waals surface area contributed by atoms with Crippen LogP contribution in [-0.2, 0) is 20.4 Å². The minimum absolute atomic E-state index is 0.0549. The Morgan fingerprint density at radius 2 is 1.44 bits per heavy atom. The van der Waals surface area contributed by atoms with Crippen molar-refractivity contribution in [2.24, 2.45) is 0 Å². The van der Waals surface area contributed by atoms with Crippen LogP contribution in [-0.4, -0.2) is 30.1 Å². The summed E-state index contributed by atoms with van der Waals surface area (Å²) >= 11 is 11.5. The molecular formula is C19H11Cl2F3N4O5S. The van der Waals surface area contributed by atoms with Gasteiger partial charge in [0.25, 0.3) is 11.5 Å². The quantitative estimate of drug-likeness (QED) is 0.473. The number of carbonyl (C=O) groups excluding carboxylic acids is 1. The molecule has 0 saturated heterocycles. The number of hydrogen-bond donors (Lipinski definition) is 3. The fourth-order valence-electron chi connectivity index (χ4n) is 3.45. The number of fused-ring (bicyclic) bond motifs is 1. The van der Waals surface area contributed by atoms with Crippen molar-refractivity contribution < 1.29 is 26.4 Å². The lowest BCUT2D eigenvalue weighted by molar-refractivity contribution is -0.194. The van der Waals surface area contributed by atoms with E-state index in [2.05, 4.69) is 0 Å². The third-order valence-electron chi connectivity index (χ3n) is 4.98. The number of carbonyl (C=O) groups is 1. The molecule has 1 amide bonds. The Morgan fingerprint density at radius 1 is 0.912 bits per heavy atom. The molecule has 4 rings (SSSR count). The molecule has 34 heavy (non-hydrogen) atoms. The maximum atomic E-state index is 14.5. The number of amides is 1. The number of anilines is 1. The highest BCUT2D eigenvalue weighted by Gasteiger charge is 2.69. The van der Waals surface area contributed by atoms with Gasteiger partial charge in [-0.3, -0.25) is 14.6 Å². The van der Waals surface area contributed by atoms with Gasteiger partial charge in [0.1, 0.15) is 5.82 Å². The molecule has 2 aromatic carbocycles. The number of sulfonamides is 1. The van der Waals surface area contributed by atoms with Crippen LogP contribution in [0, 0.1) is 0 Å². The SMILES string of the molecule is O=C1Nc2c(c(=O)[nH]c(=O)n2-c2ccc(Cl)cc2)[C@]1(NS(=O)(=O)c1ccc(Cl)cc1)C(F)(F)F. The predicted molar refractivity (Wildman–Crippen MR) is 116 cm³/mol. The molecule has 0 radical (unpaired) electrons. The van der Waals surface area contributed by atoms with Crippen LogP contribution in [0.25, 0.3) is 5.69 Å². The van der Waals surface area contributed by atoms with Gasteiger partial charge >= 0.3 is 11.9 Å². The van der Waals surface area contributed by atoms with E-state index in [1.807, 2.05) is 5.32 Å². The van der Waals surface area contributed by atoms with Gasteiger partial charge in [-0.15, -0.1) is 0 Å². The van der Waals surface area contributed by atoms with Crippen LogP contribution in [0.3, 0.4) is 0 Å². The third-order valence-corrected chi connectivity index (χ3v) is 6.95. The second-order valence-corrected chi connectivity index (χ2v) is 9.61. The summed E-state index contributed by atoms with van der Waals surface area (Å²) in [5, 5.41) is 2.19. The molecule has 0 unspecified atom stereocenters. The van der Waals surface area contributed by atoms with Gasteiger partial charge in [-0.1, -0.05) is 23.2 Å². The zero-order chi connectivity index (χ0) is 25.1. The topological polar surface area (TPSA) is 130 Å². The number of nitrogens with zero attached hydrogens (tertiary/aromatic N) is 1. The van der Waals surface area contributed by atoms with Crippen molar-refractivity contribution in [3.05, 3.63) is 85.0 Å². The molecule has 3 aromatic rings. The number of hydrogen-bond acceptors (Lipinski definition) is 5. The molecule has 9 nitrogen and oxygen atoms in total. The Balaban J connectivity index is 2.01. The summed E-state index contributed by atoms with van der Waals surface area (Å²) in [5.74, 6) is -2.77. The molecule has 0 saturated carbocycles. The van der Waals surface area contributed by atoms with Crippen LogP contribution >= 0.6 is 23.2 Å². The van der Waals surface area contributed by atoms with E-state index in [9.17, 15) is 36.0 Å². The first-order chi connectivity index (χ1) is 15.8. The first-order valence-electron chi connectivity index (χ1n) is 9.11. The molecule has 1 aromatic heterocycles. The number of halogens is 5. The lowest BCUT2D eigenvalue weighted by Crippen LogP contribution is -2.61. The first kappa shape index (κ1) is 24.0. The maximum absolute atomic E-state index is 14.5. The smallest absolute Gasteiger partial charge is 0.309 e. The number of alkyl halides is 3. The summed E-state index contributed by atoms with van der Waals surface area (Å²) in [4.78, 5) is 38.9. The highest BCUT2D eigenvalue weighted by molar-refractivity contribution is 7.89. The number of H-pyrrole nitrogens is 1. The molecule has 3 N–H and O–H groups in total. The molecule has 1 aliphatic rings. The van der Waals surface area contributed by atoms with Crippen LogP contribution < -0.4 is 21.3 Å². The summed E-state index contributed by atoms with van der Waals surface area (Å²) in [6.45, 7) is 0.